The van der Waals surface area contributed by atoms with Gasteiger partial charge in [0, 0.05) is 18.4 Å². The van der Waals surface area contributed by atoms with E-state index in [4.69, 9.17) is 11.6 Å². The Morgan fingerprint density at radius 1 is 1.47 bits per heavy atom. The third kappa shape index (κ3) is 3.20. The van der Waals surface area contributed by atoms with E-state index in [1.807, 2.05) is 16.9 Å². The van der Waals surface area contributed by atoms with E-state index in [1.165, 1.54) is 0 Å². The van der Waals surface area contributed by atoms with Gasteiger partial charge in [-0.1, -0.05) is 18.5 Å². The molecule has 100 valence electrons. The number of Topliss-reactive ketones (excluding diaryl/α,β-unsaturated/α-hetero) is 1. The molecule has 0 aromatic carbocycles. The maximum atomic E-state index is 12.1. The van der Waals surface area contributed by atoms with Crippen LogP contribution >= 0.6 is 11.6 Å². The average molecular weight is 278 g/mol. The Hall–Kier alpha value is -1.68. The van der Waals surface area contributed by atoms with Crippen molar-refractivity contribution in [1.29, 1.82) is 0 Å². The first-order valence-electron chi connectivity index (χ1n) is 6.29. The van der Waals surface area contributed by atoms with Gasteiger partial charge in [0.15, 0.2) is 5.78 Å². The summed E-state index contributed by atoms with van der Waals surface area (Å²) in [4.78, 5) is 16.1. The number of hydrogen-bond acceptors (Lipinski definition) is 3. The molecule has 0 fully saturated rings. The average Bonchev–Trinajstić information content (AvgIpc) is 2.86. The van der Waals surface area contributed by atoms with Crippen molar-refractivity contribution < 1.29 is 4.79 Å². The van der Waals surface area contributed by atoms with Crippen LogP contribution in [0.25, 0.3) is 0 Å². The maximum Gasteiger partial charge on any atom is 0.188 e. The number of rotatable bonds is 5. The van der Waals surface area contributed by atoms with E-state index in [1.54, 1.807) is 18.3 Å². The molecule has 0 amide bonds. The SMILES string of the molecule is CCC(C)n1ccc(CC(=O)c2ncccc2Cl)n1. The lowest BCUT2D eigenvalue weighted by atomic mass is 10.1. The van der Waals surface area contributed by atoms with Crippen LogP contribution in [0.3, 0.4) is 0 Å². The molecular formula is C14H16ClN3O. The molecule has 0 radical (unpaired) electrons. The number of pyridine rings is 1. The largest absolute Gasteiger partial charge is 0.292 e. The van der Waals surface area contributed by atoms with E-state index in [9.17, 15) is 4.79 Å². The Bertz CT molecular complexity index is 580. The van der Waals surface area contributed by atoms with Crippen molar-refractivity contribution in [2.24, 2.45) is 0 Å². The van der Waals surface area contributed by atoms with E-state index in [0.717, 1.165) is 12.1 Å². The van der Waals surface area contributed by atoms with Crippen molar-refractivity contribution in [1.82, 2.24) is 14.8 Å². The van der Waals surface area contributed by atoms with Crippen LogP contribution in [0.2, 0.25) is 5.02 Å². The molecule has 0 saturated carbocycles. The van der Waals surface area contributed by atoms with Gasteiger partial charge >= 0.3 is 0 Å². The third-order valence-corrected chi connectivity index (χ3v) is 3.38. The first-order valence-corrected chi connectivity index (χ1v) is 6.67. The smallest absolute Gasteiger partial charge is 0.188 e. The summed E-state index contributed by atoms with van der Waals surface area (Å²) >= 11 is 5.95. The van der Waals surface area contributed by atoms with Crippen LogP contribution in [-0.4, -0.2) is 20.5 Å². The Labute approximate surface area is 117 Å². The van der Waals surface area contributed by atoms with Crippen LogP contribution in [-0.2, 0) is 6.42 Å². The molecule has 4 nitrogen and oxygen atoms in total. The first kappa shape index (κ1) is 13.7. The first-order chi connectivity index (χ1) is 9.11. The highest BCUT2D eigenvalue weighted by atomic mass is 35.5. The molecule has 19 heavy (non-hydrogen) atoms. The number of ketones is 1. The predicted octanol–water partition coefficient (Wildman–Crippen LogP) is 3.33. The molecule has 0 spiro atoms. The summed E-state index contributed by atoms with van der Waals surface area (Å²) in [6, 6.07) is 5.57. The predicted molar refractivity (Wildman–Crippen MR) is 74.5 cm³/mol. The highest BCUT2D eigenvalue weighted by Crippen LogP contribution is 2.15. The van der Waals surface area contributed by atoms with Gasteiger partial charge in [-0.15, -0.1) is 0 Å². The minimum atomic E-state index is -0.111. The lowest BCUT2D eigenvalue weighted by Gasteiger charge is -2.08. The Kier molecular flexibility index (Phi) is 4.32. The second kappa shape index (κ2) is 5.97. The zero-order valence-electron chi connectivity index (χ0n) is 11.0. The van der Waals surface area contributed by atoms with Crippen molar-refractivity contribution in [3.05, 3.63) is 47.0 Å². The molecular weight excluding hydrogens is 262 g/mol. The Morgan fingerprint density at radius 3 is 2.95 bits per heavy atom. The molecule has 2 aromatic heterocycles. The minimum Gasteiger partial charge on any atom is -0.292 e. The van der Waals surface area contributed by atoms with Crippen LogP contribution in [0.4, 0.5) is 0 Å². The number of aromatic nitrogens is 3. The normalized spacial score (nSPS) is 12.4. The molecule has 2 aromatic rings. The van der Waals surface area contributed by atoms with E-state index in [0.29, 0.717) is 16.8 Å². The fourth-order valence-electron chi connectivity index (χ4n) is 1.74. The van der Waals surface area contributed by atoms with E-state index < -0.39 is 0 Å². The summed E-state index contributed by atoms with van der Waals surface area (Å²) in [7, 11) is 0. The van der Waals surface area contributed by atoms with E-state index in [2.05, 4.69) is 23.9 Å². The molecule has 0 N–H and O–H groups in total. The number of carbonyl (C=O) groups excluding carboxylic acids is 1. The van der Waals surface area contributed by atoms with Crippen molar-refractivity contribution >= 4 is 17.4 Å². The topological polar surface area (TPSA) is 47.8 Å². The summed E-state index contributed by atoms with van der Waals surface area (Å²) in [5.74, 6) is -0.111. The lowest BCUT2D eigenvalue weighted by Crippen LogP contribution is -2.09. The van der Waals surface area contributed by atoms with Crippen LogP contribution in [0, 0.1) is 0 Å². The van der Waals surface area contributed by atoms with Crippen molar-refractivity contribution in [2.45, 2.75) is 32.7 Å². The zero-order chi connectivity index (χ0) is 13.8. The van der Waals surface area contributed by atoms with Gasteiger partial charge in [-0.3, -0.25) is 14.5 Å². The van der Waals surface area contributed by atoms with Crippen LogP contribution in [0.5, 0.6) is 0 Å². The summed E-state index contributed by atoms with van der Waals surface area (Å²) in [6.45, 7) is 4.19. The number of hydrogen-bond donors (Lipinski definition) is 0. The molecule has 0 aliphatic carbocycles. The number of carbonyl (C=O) groups is 1. The van der Waals surface area contributed by atoms with Crippen molar-refractivity contribution in [2.75, 3.05) is 0 Å². The molecule has 5 heteroatoms. The van der Waals surface area contributed by atoms with E-state index in [-0.39, 0.29) is 12.2 Å². The minimum absolute atomic E-state index is 0.111. The van der Waals surface area contributed by atoms with Crippen LogP contribution in [0.15, 0.2) is 30.6 Å². The van der Waals surface area contributed by atoms with E-state index >= 15 is 0 Å². The molecule has 2 heterocycles. The van der Waals surface area contributed by atoms with Crippen LogP contribution in [0.1, 0.15) is 42.5 Å². The number of nitrogens with zero attached hydrogens (tertiary/aromatic N) is 3. The van der Waals surface area contributed by atoms with Gasteiger partial charge in [-0.2, -0.15) is 5.10 Å². The molecule has 2 rings (SSSR count). The van der Waals surface area contributed by atoms with Crippen LogP contribution < -0.4 is 0 Å². The molecule has 0 aliphatic heterocycles. The number of halogens is 1. The van der Waals surface area contributed by atoms with Gasteiger partial charge in [0.05, 0.1) is 17.1 Å². The standard InChI is InChI=1S/C14H16ClN3O/c1-3-10(2)18-8-6-11(17-18)9-13(19)14-12(15)5-4-7-16-14/h4-8,10H,3,9H2,1-2H3. The summed E-state index contributed by atoms with van der Waals surface area (Å²) in [6.07, 6.45) is 4.69. The monoisotopic (exact) mass is 277 g/mol. The zero-order valence-corrected chi connectivity index (χ0v) is 11.8. The second-order valence-corrected chi connectivity index (χ2v) is 4.89. The van der Waals surface area contributed by atoms with Crippen molar-refractivity contribution in [3.63, 3.8) is 0 Å². The molecule has 0 saturated heterocycles. The quantitative estimate of drug-likeness (QED) is 0.788. The van der Waals surface area contributed by atoms with Gasteiger partial charge in [0.1, 0.15) is 5.69 Å². The maximum absolute atomic E-state index is 12.1. The fraction of sp³-hybridized carbons (Fsp3) is 0.357. The Morgan fingerprint density at radius 2 is 2.26 bits per heavy atom. The third-order valence-electron chi connectivity index (χ3n) is 3.07. The van der Waals surface area contributed by atoms with Gasteiger partial charge in [0.2, 0.25) is 0 Å². The lowest BCUT2D eigenvalue weighted by molar-refractivity contribution is 0.0987. The summed E-state index contributed by atoms with van der Waals surface area (Å²) in [5.41, 5.74) is 1.05. The summed E-state index contributed by atoms with van der Waals surface area (Å²) < 4.78 is 1.88. The van der Waals surface area contributed by atoms with Gasteiger partial charge in [0.25, 0.3) is 0 Å². The molecule has 0 bridgehead atoms. The fourth-order valence-corrected chi connectivity index (χ4v) is 1.97. The highest BCUT2D eigenvalue weighted by molar-refractivity contribution is 6.33. The second-order valence-electron chi connectivity index (χ2n) is 4.48. The van der Waals surface area contributed by atoms with Crippen molar-refractivity contribution in [3.8, 4) is 0 Å². The summed E-state index contributed by atoms with van der Waals surface area (Å²) in [5, 5.41) is 4.78. The highest BCUT2D eigenvalue weighted by Gasteiger charge is 2.14. The molecule has 0 aliphatic rings. The van der Waals surface area contributed by atoms with Gasteiger partial charge in [-0.25, -0.2) is 0 Å². The molecule has 1 unspecified atom stereocenters. The van der Waals surface area contributed by atoms with Gasteiger partial charge in [-0.05, 0) is 31.5 Å². The molecule has 1 atom stereocenters. The Balaban J connectivity index is 2.11. The van der Waals surface area contributed by atoms with Gasteiger partial charge < -0.3 is 0 Å².